The number of aryl methyl sites for hydroxylation is 2. The fourth-order valence-electron chi connectivity index (χ4n) is 4.49. The lowest BCUT2D eigenvalue weighted by Crippen LogP contribution is -2.21. The molecule has 0 amide bonds. The third-order valence-corrected chi connectivity index (χ3v) is 6.56. The Morgan fingerprint density at radius 3 is 1.66 bits per heavy atom. The molecule has 4 aromatic rings. The number of hydrogen-bond acceptors (Lipinski definition) is 4. The molecule has 0 N–H and O–H groups in total. The van der Waals surface area contributed by atoms with Crippen LogP contribution in [0.2, 0.25) is 0 Å². The second-order valence-electron chi connectivity index (χ2n) is 9.13. The van der Waals surface area contributed by atoms with Crippen molar-refractivity contribution in [1.29, 1.82) is 0 Å². The summed E-state index contributed by atoms with van der Waals surface area (Å²) in [6, 6.07) is 28.3. The molecule has 38 heavy (non-hydrogen) atoms. The van der Waals surface area contributed by atoms with E-state index in [0.29, 0.717) is 13.5 Å². The van der Waals surface area contributed by atoms with Crippen LogP contribution < -0.4 is 18.9 Å². The van der Waals surface area contributed by atoms with Crippen molar-refractivity contribution in [3.8, 4) is 23.0 Å². The van der Waals surface area contributed by atoms with Crippen molar-refractivity contribution in [3.63, 3.8) is 0 Å². The minimum absolute atomic E-state index is 0.519. The van der Waals surface area contributed by atoms with Crippen LogP contribution in [-0.4, -0.2) is 49.3 Å². The lowest BCUT2D eigenvalue weighted by atomic mass is 10.1. The highest BCUT2D eigenvalue weighted by atomic mass is 16.5. The van der Waals surface area contributed by atoms with Crippen LogP contribution in [0.15, 0.2) is 84.9 Å². The summed E-state index contributed by atoms with van der Waals surface area (Å²) >= 11 is 0. The van der Waals surface area contributed by atoms with Gasteiger partial charge in [-0.2, -0.15) is 9.15 Å². The smallest absolute Gasteiger partial charge is 0.292 e. The van der Waals surface area contributed by atoms with Crippen molar-refractivity contribution < 1.29 is 28.1 Å². The summed E-state index contributed by atoms with van der Waals surface area (Å²) in [5.74, 6) is 3.66. The molecule has 6 nitrogen and oxygen atoms in total. The zero-order valence-corrected chi connectivity index (χ0v) is 22.2. The van der Waals surface area contributed by atoms with Gasteiger partial charge in [0.1, 0.15) is 23.0 Å². The summed E-state index contributed by atoms with van der Waals surface area (Å²) in [6.07, 6.45) is 4.23. The Morgan fingerprint density at radius 2 is 1.11 bits per heavy atom. The van der Waals surface area contributed by atoms with Gasteiger partial charge in [-0.15, -0.1) is 0 Å². The summed E-state index contributed by atoms with van der Waals surface area (Å²) in [7, 11) is 3.35. The van der Waals surface area contributed by atoms with E-state index in [1.807, 2.05) is 60.7 Å². The number of hydrogen-bond donors (Lipinski definition) is 0. The first-order chi connectivity index (χ1) is 18.6. The van der Waals surface area contributed by atoms with Gasteiger partial charge in [-0.25, -0.2) is 0 Å². The Kier molecular flexibility index (Phi) is 7.40. The molecule has 0 unspecified atom stereocenters. The third kappa shape index (κ3) is 5.39. The summed E-state index contributed by atoms with van der Waals surface area (Å²) in [5.41, 5.74) is 6.71. The molecule has 2 heterocycles. The molecule has 4 aromatic carbocycles. The van der Waals surface area contributed by atoms with Crippen LogP contribution in [0.4, 0.5) is 11.4 Å². The van der Waals surface area contributed by atoms with Crippen molar-refractivity contribution in [2.45, 2.75) is 13.8 Å². The lowest BCUT2D eigenvalue weighted by molar-refractivity contribution is -0.476. The van der Waals surface area contributed by atoms with E-state index in [-0.39, 0.29) is 0 Å². The van der Waals surface area contributed by atoms with Gasteiger partial charge < -0.3 is 18.9 Å². The standard InChI is InChI=1S/2C16H16NO2/c1-12-5-3-6-13-10-17(11-19-16(12)13)14-7-4-8-15(9-14)18-2;1-12-4-3-5-13-10-17(11-19-16(12)13)14-6-8-15(18-2)9-7-14/h2*3-10H,11H2,1-2H3/q2*+1. The topological polar surface area (TPSA) is 42.9 Å². The Labute approximate surface area is 223 Å². The number of rotatable bonds is 4. The summed E-state index contributed by atoms with van der Waals surface area (Å²) in [4.78, 5) is 0. The molecule has 0 saturated heterocycles. The number of ether oxygens (including phenoxy) is 4. The van der Waals surface area contributed by atoms with Crippen LogP contribution in [0.3, 0.4) is 0 Å². The average molecular weight is 509 g/mol. The van der Waals surface area contributed by atoms with E-state index in [1.54, 1.807) is 14.2 Å². The summed E-state index contributed by atoms with van der Waals surface area (Å²) < 4.78 is 26.3. The van der Waals surface area contributed by atoms with Crippen LogP contribution >= 0.6 is 0 Å². The molecule has 0 spiro atoms. The van der Waals surface area contributed by atoms with Gasteiger partial charge in [0.2, 0.25) is 11.4 Å². The Morgan fingerprint density at radius 1 is 0.579 bits per heavy atom. The van der Waals surface area contributed by atoms with E-state index in [9.17, 15) is 0 Å². The van der Waals surface area contributed by atoms with E-state index < -0.39 is 0 Å². The maximum atomic E-state index is 5.85. The molecule has 2 aliphatic heterocycles. The second-order valence-corrected chi connectivity index (χ2v) is 9.13. The maximum Gasteiger partial charge on any atom is 0.292 e. The average Bonchev–Trinajstić information content (AvgIpc) is 2.97. The van der Waals surface area contributed by atoms with Gasteiger partial charge in [0, 0.05) is 18.2 Å². The second kappa shape index (κ2) is 11.2. The quantitative estimate of drug-likeness (QED) is 0.307. The highest BCUT2D eigenvalue weighted by Gasteiger charge is 2.21. The minimum atomic E-state index is 0.519. The van der Waals surface area contributed by atoms with E-state index in [2.05, 4.69) is 59.7 Å². The molecule has 0 aromatic heterocycles. The molecule has 6 rings (SSSR count). The first kappa shape index (κ1) is 25.1. The van der Waals surface area contributed by atoms with Gasteiger partial charge in [0.25, 0.3) is 13.5 Å². The van der Waals surface area contributed by atoms with Gasteiger partial charge in [0.05, 0.1) is 31.4 Å². The molecule has 192 valence electrons. The highest BCUT2D eigenvalue weighted by molar-refractivity contribution is 5.83. The SMILES string of the molecule is COc1ccc([N+]2=Cc3cccc(C)c3OC2)cc1.COc1cccc([N+]2=Cc3cccc(C)c3OC2)c1. The normalized spacial score (nSPS) is 13.3. The molecular formula is C32H32N2O4+2. The number of fused-ring (bicyclic) bond motifs is 2. The van der Waals surface area contributed by atoms with Gasteiger partial charge in [0.15, 0.2) is 12.4 Å². The maximum absolute atomic E-state index is 5.85. The van der Waals surface area contributed by atoms with Gasteiger partial charge in [-0.05, 0) is 55.3 Å². The van der Waals surface area contributed by atoms with Gasteiger partial charge in [-0.1, -0.05) is 30.3 Å². The number of benzene rings is 4. The van der Waals surface area contributed by atoms with Gasteiger partial charge >= 0.3 is 0 Å². The predicted octanol–water partition coefficient (Wildman–Crippen LogP) is 6.23. The largest absolute Gasteiger partial charge is 0.497 e. The Hall–Kier alpha value is -4.58. The molecule has 6 heteroatoms. The van der Waals surface area contributed by atoms with Gasteiger partial charge in [-0.3, -0.25) is 0 Å². The predicted molar refractivity (Wildman–Crippen MR) is 150 cm³/mol. The highest BCUT2D eigenvalue weighted by Crippen LogP contribution is 2.28. The fourth-order valence-corrected chi connectivity index (χ4v) is 4.49. The minimum Gasteiger partial charge on any atom is -0.497 e. The van der Waals surface area contributed by atoms with Crippen LogP contribution in [0.5, 0.6) is 23.0 Å². The molecule has 0 aliphatic carbocycles. The van der Waals surface area contributed by atoms with Crippen molar-refractivity contribution in [2.75, 3.05) is 27.7 Å². The van der Waals surface area contributed by atoms with Crippen LogP contribution in [0, 0.1) is 13.8 Å². The molecule has 0 saturated carbocycles. The van der Waals surface area contributed by atoms with Crippen molar-refractivity contribution in [2.24, 2.45) is 0 Å². The monoisotopic (exact) mass is 508 g/mol. The molecule has 2 aliphatic rings. The fraction of sp³-hybridized carbons (Fsp3) is 0.188. The Bertz CT molecular complexity index is 1510. The number of methoxy groups -OCH3 is 2. The van der Waals surface area contributed by atoms with Crippen molar-refractivity contribution >= 4 is 23.8 Å². The lowest BCUT2D eigenvalue weighted by Gasteiger charge is -2.15. The zero-order chi connectivity index (χ0) is 26.5. The first-order valence-corrected chi connectivity index (χ1v) is 12.5. The number of para-hydroxylation sites is 2. The first-order valence-electron chi connectivity index (χ1n) is 12.5. The van der Waals surface area contributed by atoms with E-state index in [4.69, 9.17) is 18.9 Å². The molecule has 0 atom stereocenters. The molecule has 0 radical (unpaired) electrons. The number of nitrogens with zero attached hydrogens (tertiary/aromatic N) is 2. The molecular weight excluding hydrogens is 476 g/mol. The molecule has 0 fully saturated rings. The molecule has 0 bridgehead atoms. The summed E-state index contributed by atoms with van der Waals surface area (Å²) in [6.45, 7) is 5.18. The van der Waals surface area contributed by atoms with E-state index in [1.165, 1.54) is 11.1 Å². The Balaban J connectivity index is 0.000000155. The summed E-state index contributed by atoms with van der Waals surface area (Å²) in [5, 5.41) is 0. The van der Waals surface area contributed by atoms with Crippen molar-refractivity contribution in [3.05, 3.63) is 107 Å². The van der Waals surface area contributed by atoms with E-state index >= 15 is 0 Å². The van der Waals surface area contributed by atoms with E-state index in [0.717, 1.165) is 45.5 Å². The van der Waals surface area contributed by atoms with Crippen LogP contribution in [-0.2, 0) is 0 Å². The van der Waals surface area contributed by atoms with Crippen LogP contribution in [0.25, 0.3) is 0 Å². The van der Waals surface area contributed by atoms with Crippen molar-refractivity contribution in [1.82, 2.24) is 0 Å². The third-order valence-electron chi connectivity index (χ3n) is 6.56. The zero-order valence-electron chi connectivity index (χ0n) is 22.2. The van der Waals surface area contributed by atoms with Crippen LogP contribution in [0.1, 0.15) is 22.3 Å².